The molecule has 2 atom stereocenters. The van der Waals surface area contributed by atoms with Crippen LogP contribution in [0, 0.1) is 6.92 Å². The summed E-state index contributed by atoms with van der Waals surface area (Å²) in [6.07, 6.45) is 3.40. The quantitative estimate of drug-likeness (QED) is 0.559. The van der Waals surface area contributed by atoms with Gasteiger partial charge in [-0.05, 0) is 71.9 Å². The third kappa shape index (κ3) is 3.54. The number of phenols is 1. The molecule has 1 aliphatic rings. The van der Waals surface area contributed by atoms with Crippen molar-refractivity contribution < 1.29 is 14.6 Å². The molecule has 1 aliphatic heterocycles. The largest absolute Gasteiger partial charge is 0.508 e. The summed E-state index contributed by atoms with van der Waals surface area (Å²) in [5, 5.41) is 10.7. The summed E-state index contributed by atoms with van der Waals surface area (Å²) in [7, 11) is 2.72. The van der Waals surface area contributed by atoms with E-state index in [-0.39, 0.29) is 11.7 Å². The number of nitrogens with two attached hydrogens (primary N) is 1. The Hall–Kier alpha value is -2.32. The third-order valence-electron chi connectivity index (χ3n) is 5.58. The van der Waals surface area contributed by atoms with Gasteiger partial charge in [-0.15, -0.1) is 9.24 Å². The monoisotopic (exact) mass is 397 g/mol. The minimum atomic E-state index is -0.695. The summed E-state index contributed by atoms with van der Waals surface area (Å²) in [5.41, 5.74) is 10.5. The van der Waals surface area contributed by atoms with E-state index in [0.29, 0.717) is 17.7 Å². The molecule has 5 heteroatoms. The minimum absolute atomic E-state index is 0.221. The Kier molecular flexibility index (Phi) is 5.81. The lowest BCUT2D eigenvalue weighted by Gasteiger charge is -2.27. The number of benzene rings is 2. The average Bonchev–Trinajstić information content (AvgIpc) is 2.92. The maximum atomic E-state index is 12.8. The highest BCUT2D eigenvalue weighted by Crippen LogP contribution is 2.41. The number of hydrogen-bond acceptors (Lipinski definition) is 4. The van der Waals surface area contributed by atoms with E-state index in [1.165, 1.54) is 0 Å². The molecular formula is C23H28NO3P. The number of phenolic OH excluding ortho intramolecular Hbond substituents is 1. The Balaban J connectivity index is 2.10. The van der Waals surface area contributed by atoms with Crippen LogP contribution in [0.25, 0.3) is 16.7 Å². The molecule has 28 heavy (non-hydrogen) atoms. The molecule has 0 fully saturated rings. The van der Waals surface area contributed by atoms with E-state index in [4.69, 9.17) is 10.5 Å². The standard InChI is InChI=1S/C23H28NO3P/c1-4-6-10-23(5-2)21(24)20(22(26)27-23)17-13-19(28)18(11-14(17)3)15-8-7-9-16(25)12-15/h7-9,11-13,25H,4-6,10,24,28H2,1-3H3. The van der Waals surface area contributed by atoms with E-state index in [1.54, 1.807) is 12.1 Å². The molecule has 2 aromatic carbocycles. The number of cyclic esters (lactones) is 1. The Morgan fingerprint density at radius 3 is 2.57 bits per heavy atom. The van der Waals surface area contributed by atoms with Gasteiger partial charge in [0.05, 0.1) is 11.3 Å². The molecule has 4 nitrogen and oxygen atoms in total. The lowest BCUT2D eigenvalue weighted by Crippen LogP contribution is -2.34. The van der Waals surface area contributed by atoms with E-state index >= 15 is 0 Å². The van der Waals surface area contributed by atoms with Gasteiger partial charge < -0.3 is 15.6 Å². The number of esters is 1. The van der Waals surface area contributed by atoms with Gasteiger partial charge in [0.15, 0.2) is 5.60 Å². The molecule has 0 spiro atoms. The Labute approximate surface area is 169 Å². The van der Waals surface area contributed by atoms with Crippen molar-refractivity contribution >= 4 is 26.1 Å². The van der Waals surface area contributed by atoms with E-state index < -0.39 is 5.60 Å². The summed E-state index contributed by atoms with van der Waals surface area (Å²) in [5.74, 6) is -0.119. The van der Waals surface area contributed by atoms with Gasteiger partial charge in [-0.2, -0.15) is 0 Å². The molecule has 0 bridgehead atoms. The van der Waals surface area contributed by atoms with Gasteiger partial charge in [0.2, 0.25) is 0 Å². The van der Waals surface area contributed by atoms with Crippen LogP contribution < -0.4 is 11.0 Å². The second kappa shape index (κ2) is 7.97. The third-order valence-corrected chi connectivity index (χ3v) is 6.06. The van der Waals surface area contributed by atoms with E-state index in [9.17, 15) is 9.90 Å². The van der Waals surface area contributed by atoms with Gasteiger partial charge in [-0.1, -0.05) is 38.5 Å². The first-order chi connectivity index (χ1) is 13.3. The number of hydrogen-bond donors (Lipinski definition) is 2. The van der Waals surface area contributed by atoms with Gasteiger partial charge in [-0.3, -0.25) is 0 Å². The van der Waals surface area contributed by atoms with Crippen molar-refractivity contribution in [3.05, 3.63) is 53.2 Å². The van der Waals surface area contributed by atoms with Gasteiger partial charge in [0.1, 0.15) is 5.75 Å². The predicted octanol–water partition coefficient (Wildman–Crippen LogP) is 4.43. The van der Waals surface area contributed by atoms with Crippen molar-refractivity contribution in [1.82, 2.24) is 0 Å². The number of rotatable bonds is 6. The molecule has 0 amide bonds. The topological polar surface area (TPSA) is 72.5 Å². The van der Waals surface area contributed by atoms with Crippen LogP contribution in [0.4, 0.5) is 0 Å². The maximum absolute atomic E-state index is 12.8. The van der Waals surface area contributed by atoms with E-state index in [0.717, 1.165) is 46.8 Å². The van der Waals surface area contributed by atoms with Gasteiger partial charge in [-0.25, -0.2) is 4.79 Å². The first kappa shape index (κ1) is 20.4. The number of carbonyl (C=O) groups excluding carboxylic acids is 1. The van der Waals surface area contributed by atoms with Crippen molar-refractivity contribution in [2.75, 3.05) is 0 Å². The first-order valence-corrected chi connectivity index (χ1v) is 10.3. The fourth-order valence-electron chi connectivity index (χ4n) is 3.88. The number of unbranched alkanes of at least 4 members (excludes halogenated alkanes) is 1. The first-order valence-electron chi connectivity index (χ1n) is 9.76. The Morgan fingerprint density at radius 2 is 1.93 bits per heavy atom. The highest BCUT2D eigenvalue weighted by molar-refractivity contribution is 7.28. The molecule has 2 unspecified atom stereocenters. The molecule has 2 aromatic rings. The highest BCUT2D eigenvalue weighted by atomic mass is 31.0. The fourth-order valence-corrected chi connectivity index (χ4v) is 4.30. The van der Waals surface area contributed by atoms with Crippen LogP contribution in [0.1, 0.15) is 50.7 Å². The number of ether oxygens (including phenoxy) is 1. The summed E-state index contributed by atoms with van der Waals surface area (Å²) >= 11 is 0. The SMILES string of the molecule is CCCCC1(CC)OC(=O)C(c2cc(P)c(-c3cccc(O)c3)cc2C)=C1N. The van der Waals surface area contributed by atoms with Gasteiger partial charge >= 0.3 is 5.97 Å². The van der Waals surface area contributed by atoms with Crippen molar-refractivity contribution in [2.24, 2.45) is 5.73 Å². The summed E-state index contributed by atoms with van der Waals surface area (Å²) in [4.78, 5) is 12.8. The van der Waals surface area contributed by atoms with Gasteiger partial charge in [0, 0.05) is 0 Å². The molecule has 0 saturated heterocycles. The van der Waals surface area contributed by atoms with Crippen LogP contribution in [-0.2, 0) is 9.53 Å². The molecule has 0 radical (unpaired) electrons. The Morgan fingerprint density at radius 1 is 1.18 bits per heavy atom. The highest BCUT2D eigenvalue weighted by Gasteiger charge is 2.45. The van der Waals surface area contributed by atoms with Crippen LogP contribution in [-0.4, -0.2) is 16.7 Å². The fraction of sp³-hybridized carbons (Fsp3) is 0.348. The lowest BCUT2D eigenvalue weighted by molar-refractivity contribution is -0.146. The van der Waals surface area contributed by atoms with Crippen LogP contribution in [0.3, 0.4) is 0 Å². The zero-order valence-corrected chi connectivity index (χ0v) is 17.9. The zero-order valence-electron chi connectivity index (χ0n) is 16.7. The lowest BCUT2D eigenvalue weighted by atomic mass is 9.87. The average molecular weight is 397 g/mol. The molecular weight excluding hydrogens is 369 g/mol. The molecule has 0 aliphatic carbocycles. The second-order valence-electron chi connectivity index (χ2n) is 7.43. The van der Waals surface area contributed by atoms with Crippen molar-refractivity contribution in [1.29, 1.82) is 0 Å². The van der Waals surface area contributed by atoms with Crippen LogP contribution in [0.15, 0.2) is 42.1 Å². The normalized spacial score (nSPS) is 19.2. The predicted molar refractivity (Wildman–Crippen MR) is 117 cm³/mol. The van der Waals surface area contributed by atoms with Crippen molar-refractivity contribution in [2.45, 2.75) is 52.1 Å². The minimum Gasteiger partial charge on any atom is -0.508 e. The van der Waals surface area contributed by atoms with E-state index in [1.807, 2.05) is 38.1 Å². The molecule has 148 valence electrons. The number of carbonyl (C=O) groups is 1. The maximum Gasteiger partial charge on any atom is 0.341 e. The van der Waals surface area contributed by atoms with Crippen LogP contribution in [0.2, 0.25) is 0 Å². The molecule has 1 heterocycles. The second-order valence-corrected chi connectivity index (χ2v) is 8.06. The summed E-state index contributed by atoms with van der Waals surface area (Å²) in [6.45, 7) is 6.10. The van der Waals surface area contributed by atoms with Crippen LogP contribution >= 0.6 is 9.24 Å². The van der Waals surface area contributed by atoms with Crippen LogP contribution in [0.5, 0.6) is 5.75 Å². The number of aryl methyl sites for hydroxylation is 1. The molecule has 0 aromatic heterocycles. The zero-order chi connectivity index (χ0) is 20.5. The Bertz CT molecular complexity index is 951. The van der Waals surface area contributed by atoms with Crippen molar-refractivity contribution in [3.63, 3.8) is 0 Å². The van der Waals surface area contributed by atoms with E-state index in [2.05, 4.69) is 16.2 Å². The molecule has 0 saturated carbocycles. The number of aromatic hydroxyl groups is 1. The summed E-state index contributed by atoms with van der Waals surface area (Å²) in [6, 6.07) is 11.1. The van der Waals surface area contributed by atoms with Gasteiger partial charge in [0.25, 0.3) is 0 Å². The summed E-state index contributed by atoms with van der Waals surface area (Å²) < 4.78 is 5.83. The van der Waals surface area contributed by atoms with Crippen molar-refractivity contribution in [3.8, 4) is 16.9 Å². The molecule has 3 N–H and O–H groups in total. The molecule has 3 rings (SSSR count). The smallest absolute Gasteiger partial charge is 0.341 e.